The van der Waals surface area contributed by atoms with Gasteiger partial charge in [0.2, 0.25) is 11.8 Å². The van der Waals surface area contributed by atoms with Gasteiger partial charge in [-0.3, -0.25) is 9.59 Å². The molecule has 0 radical (unpaired) electrons. The van der Waals surface area contributed by atoms with Crippen LogP contribution in [-0.4, -0.2) is 46.9 Å². The zero-order chi connectivity index (χ0) is 19.1. The number of rotatable bonds is 6. The van der Waals surface area contributed by atoms with Crippen molar-refractivity contribution in [1.82, 2.24) is 20.5 Å². The van der Waals surface area contributed by atoms with Crippen LogP contribution in [0.2, 0.25) is 0 Å². The van der Waals surface area contributed by atoms with E-state index in [-0.39, 0.29) is 11.8 Å². The Bertz CT molecular complexity index is 691. The minimum absolute atomic E-state index is 0.0123. The Morgan fingerprint density at radius 2 is 2.00 bits per heavy atom. The van der Waals surface area contributed by atoms with E-state index in [1.165, 1.54) is 19.3 Å². The Labute approximate surface area is 160 Å². The van der Waals surface area contributed by atoms with Gasteiger partial charge in [0.05, 0.1) is 6.54 Å². The minimum atomic E-state index is -0.392. The number of hydrogen-bond donors (Lipinski definition) is 2. The van der Waals surface area contributed by atoms with Crippen LogP contribution in [0.1, 0.15) is 56.2 Å². The lowest BCUT2D eigenvalue weighted by molar-refractivity contribution is -0.138. The number of carbonyl (C=O) groups excluding carboxylic acids is 2. The molecule has 1 atom stereocenters. The number of pyridine rings is 1. The number of nitrogens with one attached hydrogen (secondary N) is 2. The van der Waals surface area contributed by atoms with Crippen molar-refractivity contribution in [1.29, 1.82) is 5.26 Å². The highest BCUT2D eigenvalue weighted by Gasteiger charge is 2.33. The van der Waals surface area contributed by atoms with Gasteiger partial charge in [0.25, 0.3) is 0 Å². The van der Waals surface area contributed by atoms with Gasteiger partial charge in [-0.05, 0) is 37.3 Å². The zero-order valence-corrected chi connectivity index (χ0v) is 15.6. The van der Waals surface area contributed by atoms with Gasteiger partial charge < -0.3 is 15.5 Å². The number of amides is 2. The molecule has 7 heteroatoms. The van der Waals surface area contributed by atoms with Gasteiger partial charge in [0, 0.05) is 25.3 Å². The molecule has 0 unspecified atom stereocenters. The molecule has 1 aliphatic carbocycles. The van der Waals surface area contributed by atoms with Gasteiger partial charge in [-0.25, -0.2) is 4.98 Å². The lowest BCUT2D eigenvalue weighted by Gasteiger charge is -2.27. The van der Waals surface area contributed by atoms with E-state index >= 15 is 0 Å². The average molecular weight is 369 g/mol. The highest BCUT2D eigenvalue weighted by molar-refractivity contribution is 5.88. The van der Waals surface area contributed by atoms with Crippen molar-refractivity contribution in [3.05, 3.63) is 29.6 Å². The Hall–Kier alpha value is -2.46. The fourth-order valence-electron chi connectivity index (χ4n) is 3.88. The molecule has 1 aromatic heterocycles. The molecular formula is C20H27N5O2. The number of likely N-dealkylation sites (tertiary alicyclic amines) is 1. The van der Waals surface area contributed by atoms with Crippen LogP contribution in [0.25, 0.3) is 0 Å². The summed E-state index contributed by atoms with van der Waals surface area (Å²) in [6.45, 7) is 1.30. The van der Waals surface area contributed by atoms with Gasteiger partial charge in [-0.2, -0.15) is 5.26 Å². The normalized spacial score (nSPS) is 20.3. The second-order valence-electron chi connectivity index (χ2n) is 7.34. The number of carbonyl (C=O) groups is 2. The summed E-state index contributed by atoms with van der Waals surface area (Å²) in [5.41, 5.74) is 1.18. The van der Waals surface area contributed by atoms with E-state index in [1.807, 2.05) is 6.07 Å². The first-order valence-electron chi connectivity index (χ1n) is 9.83. The van der Waals surface area contributed by atoms with Crippen LogP contribution >= 0.6 is 0 Å². The summed E-state index contributed by atoms with van der Waals surface area (Å²) in [6.07, 6.45) is 9.15. The van der Waals surface area contributed by atoms with Crippen molar-refractivity contribution in [3.63, 3.8) is 0 Å². The molecule has 2 N–H and O–H groups in total. The highest BCUT2D eigenvalue weighted by Crippen LogP contribution is 2.19. The third kappa shape index (κ3) is 5.27. The van der Waals surface area contributed by atoms with Crippen molar-refractivity contribution < 1.29 is 9.59 Å². The summed E-state index contributed by atoms with van der Waals surface area (Å²) in [7, 11) is 0. The van der Waals surface area contributed by atoms with Crippen molar-refractivity contribution in [2.24, 2.45) is 0 Å². The molecule has 2 aliphatic rings. The Balaban J connectivity index is 1.47. The van der Waals surface area contributed by atoms with Crippen LogP contribution in [-0.2, 0) is 16.1 Å². The second-order valence-corrected chi connectivity index (χ2v) is 7.34. The van der Waals surface area contributed by atoms with Crippen molar-refractivity contribution in [3.8, 4) is 6.07 Å². The molecule has 144 valence electrons. The molecule has 0 bridgehead atoms. The summed E-state index contributed by atoms with van der Waals surface area (Å²) < 4.78 is 0. The molecule has 1 saturated carbocycles. The van der Waals surface area contributed by atoms with Gasteiger partial charge in [-0.1, -0.05) is 25.3 Å². The molecule has 2 fully saturated rings. The van der Waals surface area contributed by atoms with E-state index in [2.05, 4.69) is 15.6 Å². The molecule has 3 rings (SSSR count). The third-order valence-corrected chi connectivity index (χ3v) is 5.43. The minimum Gasteiger partial charge on any atom is -0.350 e. The number of aromatic nitrogens is 1. The van der Waals surface area contributed by atoms with E-state index in [9.17, 15) is 9.59 Å². The highest BCUT2D eigenvalue weighted by atomic mass is 16.2. The van der Waals surface area contributed by atoms with Crippen LogP contribution in [0.4, 0.5) is 0 Å². The maximum atomic E-state index is 12.6. The van der Waals surface area contributed by atoms with Crippen LogP contribution in [0.15, 0.2) is 18.3 Å². The first-order chi connectivity index (χ1) is 13.2. The van der Waals surface area contributed by atoms with Gasteiger partial charge in [0.15, 0.2) is 0 Å². The summed E-state index contributed by atoms with van der Waals surface area (Å²) in [5.74, 6) is -0.110. The third-order valence-electron chi connectivity index (χ3n) is 5.43. The largest absolute Gasteiger partial charge is 0.350 e. The first kappa shape index (κ1) is 19.3. The Kier molecular flexibility index (Phi) is 6.77. The number of nitriles is 1. The summed E-state index contributed by atoms with van der Waals surface area (Å²) in [6, 6.07) is 5.41. The Morgan fingerprint density at radius 1 is 1.19 bits per heavy atom. The van der Waals surface area contributed by atoms with Crippen molar-refractivity contribution >= 4 is 11.8 Å². The fourth-order valence-corrected chi connectivity index (χ4v) is 3.88. The van der Waals surface area contributed by atoms with E-state index in [4.69, 9.17) is 5.26 Å². The number of nitrogens with zero attached hydrogens (tertiary/aromatic N) is 3. The van der Waals surface area contributed by atoms with Crippen LogP contribution in [0.3, 0.4) is 0 Å². The molecule has 1 saturated heterocycles. The maximum Gasteiger partial charge on any atom is 0.243 e. The molecule has 0 aromatic carbocycles. The quantitative estimate of drug-likeness (QED) is 0.791. The van der Waals surface area contributed by atoms with Crippen molar-refractivity contribution in [2.75, 3.05) is 13.1 Å². The zero-order valence-electron chi connectivity index (χ0n) is 15.6. The second kappa shape index (κ2) is 9.47. The van der Waals surface area contributed by atoms with E-state index < -0.39 is 6.04 Å². The number of hydrogen-bond acceptors (Lipinski definition) is 5. The molecule has 27 heavy (non-hydrogen) atoms. The molecule has 1 aliphatic heterocycles. The van der Waals surface area contributed by atoms with Crippen LogP contribution in [0, 0.1) is 11.3 Å². The van der Waals surface area contributed by atoms with E-state index in [1.54, 1.807) is 23.2 Å². The van der Waals surface area contributed by atoms with Crippen molar-refractivity contribution in [2.45, 2.75) is 63.6 Å². The SMILES string of the molecule is N#Cc1ccc(CNC(=O)[C@H]2CCCN2C(=O)CNC2CCCCC2)cn1. The predicted octanol–water partition coefficient (Wildman–Crippen LogP) is 1.48. The lowest BCUT2D eigenvalue weighted by Crippen LogP contribution is -2.49. The molecule has 1 aromatic rings. The average Bonchev–Trinajstić information content (AvgIpc) is 3.21. The monoisotopic (exact) mass is 369 g/mol. The molecule has 2 amide bonds. The standard InChI is InChI=1S/C20H27N5O2/c21-11-17-9-8-15(12-22-17)13-24-20(27)18-7-4-10-25(18)19(26)14-23-16-5-2-1-3-6-16/h8-9,12,16,18,23H,1-7,10,13-14H2,(H,24,27)/t18-/m1/s1. The predicted molar refractivity (Wildman–Crippen MR) is 100 cm³/mol. The smallest absolute Gasteiger partial charge is 0.243 e. The Morgan fingerprint density at radius 3 is 2.70 bits per heavy atom. The van der Waals surface area contributed by atoms with E-state index in [0.29, 0.717) is 37.8 Å². The molecular weight excluding hydrogens is 342 g/mol. The fraction of sp³-hybridized carbons (Fsp3) is 0.600. The molecule has 2 heterocycles. The molecule has 7 nitrogen and oxygen atoms in total. The summed E-state index contributed by atoms with van der Waals surface area (Å²) >= 11 is 0. The van der Waals surface area contributed by atoms with Gasteiger partial charge in [-0.15, -0.1) is 0 Å². The van der Waals surface area contributed by atoms with Gasteiger partial charge >= 0.3 is 0 Å². The lowest BCUT2D eigenvalue weighted by atomic mass is 9.95. The van der Waals surface area contributed by atoms with Crippen LogP contribution in [0.5, 0.6) is 0 Å². The van der Waals surface area contributed by atoms with E-state index in [0.717, 1.165) is 24.8 Å². The molecule has 0 spiro atoms. The topological polar surface area (TPSA) is 98.1 Å². The van der Waals surface area contributed by atoms with Gasteiger partial charge in [0.1, 0.15) is 17.8 Å². The summed E-state index contributed by atoms with van der Waals surface area (Å²) in [4.78, 5) is 30.9. The van der Waals surface area contributed by atoms with Crippen LogP contribution < -0.4 is 10.6 Å². The first-order valence-corrected chi connectivity index (χ1v) is 9.83. The summed E-state index contributed by atoms with van der Waals surface area (Å²) in [5, 5.41) is 15.0. The maximum absolute atomic E-state index is 12.6.